The predicted molar refractivity (Wildman–Crippen MR) is 93.7 cm³/mol. The van der Waals surface area contributed by atoms with E-state index in [2.05, 4.69) is 0 Å². The molecule has 0 amide bonds. The number of allylic oxidation sites excluding steroid dienone is 2. The number of carboxylic acid groups (broad SMARTS) is 1. The van der Waals surface area contributed by atoms with Crippen LogP contribution in [0.25, 0.3) is 5.57 Å². The summed E-state index contributed by atoms with van der Waals surface area (Å²) in [7, 11) is 0. The normalized spacial score (nSPS) is 11.4. The van der Waals surface area contributed by atoms with E-state index >= 15 is 0 Å². The number of ether oxygens (including phenoxy) is 1. The van der Waals surface area contributed by atoms with Crippen molar-refractivity contribution >= 4 is 11.5 Å². The zero-order chi connectivity index (χ0) is 18.9. The number of hydrogen-bond donors (Lipinski definition) is 4. The van der Waals surface area contributed by atoms with Crippen molar-refractivity contribution in [2.75, 3.05) is 0 Å². The lowest BCUT2D eigenvalue weighted by Gasteiger charge is -2.18. The molecular weight excluding hydrogens is 324 g/mol. The van der Waals surface area contributed by atoms with Crippen LogP contribution in [0, 0.1) is 13.8 Å². The molecule has 2 rings (SSSR count). The molecule has 0 bridgehead atoms. The monoisotopic (exact) mass is 344 g/mol. The van der Waals surface area contributed by atoms with Gasteiger partial charge in [-0.25, -0.2) is 4.79 Å². The molecule has 0 aliphatic heterocycles. The van der Waals surface area contributed by atoms with Crippen molar-refractivity contribution in [3.05, 3.63) is 46.5 Å². The molecular formula is C19H20O6. The molecule has 0 aliphatic carbocycles. The molecule has 6 nitrogen and oxygen atoms in total. The third kappa shape index (κ3) is 3.38. The zero-order valence-electron chi connectivity index (χ0n) is 14.4. The molecule has 0 aliphatic rings. The largest absolute Gasteiger partial charge is 0.508 e. The number of benzene rings is 2. The fourth-order valence-electron chi connectivity index (χ4n) is 2.48. The number of aryl methyl sites for hydroxylation is 1. The predicted octanol–water partition coefficient (Wildman–Crippen LogP) is 4.33. The van der Waals surface area contributed by atoms with Crippen LogP contribution in [0.15, 0.2) is 24.3 Å². The van der Waals surface area contributed by atoms with Gasteiger partial charge in [-0.3, -0.25) is 0 Å². The van der Waals surface area contributed by atoms with E-state index in [9.17, 15) is 25.2 Å². The standard InChI is InChI=1S/C19H20O6/c1-5-9(2)13-8-14(21)11(4)17(22)18(13)25-15-7-12(20)6-10(3)16(15)19(23)24/h5-8,20-22H,1-4H3,(H,23,24). The zero-order valence-corrected chi connectivity index (χ0v) is 14.4. The lowest BCUT2D eigenvalue weighted by molar-refractivity contribution is 0.0693. The van der Waals surface area contributed by atoms with E-state index in [0.717, 1.165) is 0 Å². The lowest BCUT2D eigenvalue weighted by Crippen LogP contribution is -2.04. The average Bonchev–Trinajstić information content (AvgIpc) is 2.53. The first-order valence-corrected chi connectivity index (χ1v) is 7.60. The van der Waals surface area contributed by atoms with E-state index in [1.54, 1.807) is 19.9 Å². The van der Waals surface area contributed by atoms with Gasteiger partial charge in [0.05, 0.1) is 0 Å². The van der Waals surface area contributed by atoms with Crippen LogP contribution in [0.1, 0.15) is 40.9 Å². The third-order valence-electron chi connectivity index (χ3n) is 4.05. The van der Waals surface area contributed by atoms with E-state index in [1.807, 2.05) is 0 Å². The summed E-state index contributed by atoms with van der Waals surface area (Å²) in [6, 6.07) is 3.93. The van der Waals surface area contributed by atoms with Crippen molar-refractivity contribution in [2.45, 2.75) is 27.7 Å². The Morgan fingerprint density at radius 3 is 2.32 bits per heavy atom. The van der Waals surface area contributed by atoms with E-state index in [4.69, 9.17) is 4.74 Å². The molecule has 0 radical (unpaired) electrons. The fraction of sp³-hybridized carbons (Fsp3) is 0.211. The summed E-state index contributed by atoms with van der Waals surface area (Å²) < 4.78 is 5.71. The number of hydrogen-bond acceptors (Lipinski definition) is 5. The number of phenolic OH excluding ortho intramolecular Hbond substituents is 3. The molecule has 0 saturated heterocycles. The number of carboxylic acids is 1. The van der Waals surface area contributed by atoms with Gasteiger partial charge in [0.2, 0.25) is 0 Å². The van der Waals surface area contributed by atoms with Gasteiger partial charge in [-0.1, -0.05) is 6.08 Å². The van der Waals surface area contributed by atoms with Crippen LogP contribution in [-0.2, 0) is 0 Å². The second-order valence-corrected chi connectivity index (χ2v) is 5.76. The summed E-state index contributed by atoms with van der Waals surface area (Å²) in [5, 5.41) is 39.6. The van der Waals surface area contributed by atoms with Crippen LogP contribution in [0.2, 0.25) is 0 Å². The third-order valence-corrected chi connectivity index (χ3v) is 4.05. The smallest absolute Gasteiger partial charge is 0.339 e. The molecule has 132 valence electrons. The van der Waals surface area contributed by atoms with Gasteiger partial charge in [0.25, 0.3) is 0 Å². The van der Waals surface area contributed by atoms with E-state index in [0.29, 0.717) is 16.7 Å². The van der Waals surface area contributed by atoms with Gasteiger partial charge in [0.1, 0.15) is 22.8 Å². The maximum atomic E-state index is 11.5. The molecule has 4 N–H and O–H groups in total. The Morgan fingerprint density at radius 2 is 1.76 bits per heavy atom. The van der Waals surface area contributed by atoms with Gasteiger partial charge in [-0.2, -0.15) is 0 Å². The first-order chi connectivity index (χ1) is 11.7. The Kier molecular flexibility index (Phi) is 4.92. The summed E-state index contributed by atoms with van der Waals surface area (Å²) in [4.78, 5) is 11.5. The Labute approximate surface area is 145 Å². The van der Waals surface area contributed by atoms with Gasteiger partial charge in [-0.15, -0.1) is 0 Å². The van der Waals surface area contributed by atoms with Crippen LogP contribution >= 0.6 is 0 Å². The molecule has 2 aromatic carbocycles. The van der Waals surface area contributed by atoms with Gasteiger partial charge in [-0.05, 0) is 51.0 Å². The number of aromatic carboxylic acids is 1. The van der Waals surface area contributed by atoms with Crippen LogP contribution in [-0.4, -0.2) is 26.4 Å². The minimum absolute atomic E-state index is 0.0124. The number of phenols is 3. The summed E-state index contributed by atoms with van der Waals surface area (Å²) >= 11 is 0. The van der Waals surface area contributed by atoms with Crippen LogP contribution in [0.3, 0.4) is 0 Å². The quantitative estimate of drug-likeness (QED) is 0.657. The second-order valence-electron chi connectivity index (χ2n) is 5.76. The molecule has 0 heterocycles. The maximum Gasteiger partial charge on any atom is 0.339 e. The van der Waals surface area contributed by atoms with Crippen molar-refractivity contribution in [3.8, 4) is 28.7 Å². The highest BCUT2D eigenvalue weighted by Gasteiger charge is 2.22. The molecule has 6 heteroatoms. The molecule has 0 spiro atoms. The molecule has 0 aromatic heterocycles. The van der Waals surface area contributed by atoms with E-state index < -0.39 is 5.97 Å². The molecule has 2 aromatic rings. The number of aromatic hydroxyl groups is 3. The van der Waals surface area contributed by atoms with Gasteiger partial charge < -0.3 is 25.2 Å². The second kappa shape index (κ2) is 6.76. The van der Waals surface area contributed by atoms with Crippen LogP contribution in [0.4, 0.5) is 0 Å². The molecule has 0 fully saturated rings. The van der Waals surface area contributed by atoms with Crippen molar-refractivity contribution in [3.63, 3.8) is 0 Å². The van der Waals surface area contributed by atoms with E-state index in [1.165, 1.54) is 32.0 Å². The van der Waals surface area contributed by atoms with Crippen molar-refractivity contribution in [2.24, 2.45) is 0 Å². The highest BCUT2D eigenvalue weighted by molar-refractivity contribution is 5.93. The minimum Gasteiger partial charge on any atom is -0.508 e. The Bertz CT molecular complexity index is 880. The summed E-state index contributed by atoms with van der Waals surface area (Å²) in [6.45, 7) is 6.60. The van der Waals surface area contributed by atoms with Gasteiger partial charge >= 0.3 is 5.97 Å². The molecule has 0 saturated carbocycles. The number of carbonyl (C=O) groups is 1. The SMILES string of the molecule is CC=C(C)c1cc(O)c(C)c(O)c1Oc1cc(O)cc(C)c1C(=O)O. The molecule has 0 unspecified atom stereocenters. The topological polar surface area (TPSA) is 107 Å². The minimum atomic E-state index is -1.22. The van der Waals surface area contributed by atoms with Crippen LogP contribution < -0.4 is 4.74 Å². The Hall–Kier alpha value is -3.15. The number of rotatable bonds is 4. The first kappa shape index (κ1) is 18.2. The summed E-state index contributed by atoms with van der Waals surface area (Å²) in [5.41, 5.74) is 1.54. The highest BCUT2D eigenvalue weighted by atomic mass is 16.5. The summed E-state index contributed by atoms with van der Waals surface area (Å²) in [6.07, 6.45) is 1.77. The van der Waals surface area contributed by atoms with Gasteiger partial charge in [0.15, 0.2) is 11.5 Å². The van der Waals surface area contributed by atoms with Crippen molar-refractivity contribution in [1.82, 2.24) is 0 Å². The van der Waals surface area contributed by atoms with E-state index in [-0.39, 0.29) is 39.9 Å². The molecule has 25 heavy (non-hydrogen) atoms. The van der Waals surface area contributed by atoms with Crippen LogP contribution in [0.5, 0.6) is 28.7 Å². The average molecular weight is 344 g/mol. The fourth-order valence-corrected chi connectivity index (χ4v) is 2.48. The maximum absolute atomic E-state index is 11.5. The Balaban J connectivity index is 2.74. The molecule has 0 atom stereocenters. The summed E-state index contributed by atoms with van der Waals surface area (Å²) in [5.74, 6) is -1.86. The van der Waals surface area contributed by atoms with Gasteiger partial charge in [0, 0.05) is 17.2 Å². The van der Waals surface area contributed by atoms with Crippen molar-refractivity contribution < 1.29 is 30.0 Å². The Morgan fingerprint density at radius 1 is 1.12 bits per heavy atom. The lowest BCUT2D eigenvalue weighted by atomic mass is 10.0. The van der Waals surface area contributed by atoms with Crippen molar-refractivity contribution in [1.29, 1.82) is 0 Å². The first-order valence-electron chi connectivity index (χ1n) is 7.60. The highest BCUT2D eigenvalue weighted by Crippen LogP contribution is 2.45.